The van der Waals surface area contributed by atoms with Gasteiger partial charge in [-0.3, -0.25) is 0 Å². The summed E-state index contributed by atoms with van der Waals surface area (Å²) in [6.45, 7) is 3.87. The van der Waals surface area contributed by atoms with Gasteiger partial charge in [0.1, 0.15) is 5.75 Å². The van der Waals surface area contributed by atoms with Crippen LogP contribution in [-0.4, -0.2) is 15.1 Å². The topological polar surface area (TPSA) is 46.0 Å². The van der Waals surface area contributed by atoms with E-state index in [1.165, 1.54) is 0 Å². The molecule has 0 spiro atoms. The number of phenols is 1. The van der Waals surface area contributed by atoms with Crippen LogP contribution in [0.4, 0.5) is 0 Å². The first kappa shape index (κ1) is 10.0. The van der Waals surface area contributed by atoms with Gasteiger partial charge in [-0.25, -0.2) is 9.97 Å². The lowest BCUT2D eigenvalue weighted by Crippen LogP contribution is -1.90. The van der Waals surface area contributed by atoms with E-state index in [4.69, 9.17) is 0 Å². The van der Waals surface area contributed by atoms with E-state index in [-0.39, 0.29) is 5.75 Å². The van der Waals surface area contributed by atoms with E-state index >= 15 is 0 Å². The van der Waals surface area contributed by atoms with Gasteiger partial charge in [-0.15, -0.1) is 0 Å². The van der Waals surface area contributed by atoms with Gasteiger partial charge in [0.2, 0.25) is 0 Å². The molecule has 0 fully saturated rings. The summed E-state index contributed by atoms with van der Waals surface area (Å²) in [6, 6.07) is 9.47. The van der Waals surface area contributed by atoms with E-state index in [1.807, 2.05) is 38.1 Å². The highest BCUT2D eigenvalue weighted by Gasteiger charge is 2.06. The van der Waals surface area contributed by atoms with Crippen LogP contribution in [0.3, 0.4) is 0 Å². The zero-order chi connectivity index (χ0) is 12.0. The first-order valence-electron chi connectivity index (χ1n) is 5.52. The fourth-order valence-corrected chi connectivity index (χ4v) is 1.98. The van der Waals surface area contributed by atoms with Crippen LogP contribution < -0.4 is 0 Å². The fourth-order valence-electron chi connectivity index (χ4n) is 1.98. The van der Waals surface area contributed by atoms with Crippen molar-refractivity contribution in [3.05, 3.63) is 41.5 Å². The molecule has 3 rings (SSSR count). The van der Waals surface area contributed by atoms with Gasteiger partial charge in [0.15, 0.2) is 0 Å². The van der Waals surface area contributed by atoms with Crippen molar-refractivity contribution < 1.29 is 5.11 Å². The van der Waals surface area contributed by atoms with E-state index < -0.39 is 0 Å². The average molecular weight is 224 g/mol. The minimum absolute atomic E-state index is 0.264. The van der Waals surface area contributed by atoms with E-state index in [0.717, 1.165) is 33.2 Å². The molecule has 1 heterocycles. The first-order chi connectivity index (χ1) is 8.15. The minimum Gasteiger partial charge on any atom is -0.508 e. The van der Waals surface area contributed by atoms with Crippen LogP contribution in [0.15, 0.2) is 30.3 Å². The number of hydrogen-bond acceptors (Lipinski definition) is 3. The number of hydrogen-bond donors (Lipinski definition) is 1. The second kappa shape index (κ2) is 3.42. The molecular formula is C14H12N2O. The third-order valence-electron chi connectivity index (χ3n) is 2.98. The summed E-state index contributed by atoms with van der Waals surface area (Å²) in [6.07, 6.45) is 0. The minimum atomic E-state index is 0.264. The maximum Gasteiger partial charge on any atom is 0.120 e. The molecule has 0 saturated carbocycles. The van der Waals surface area contributed by atoms with Crippen molar-refractivity contribution in [2.24, 2.45) is 0 Å². The summed E-state index contributed by atoms with van der Waals surface area (Å²) in [7, 11) is 0. The molecule has 1 aromatic heterocycles. The standard InChI is InChI=1S/C14H12N2O/c1-8-4-3-5-10-14(8)16-12-7-13(17)9(2)6-11(12)15-10/h3-7,17H,1-2H3. The third-order valence-corrected chi connectivity index (χ3v) is 2.98. The van der Waals surface area contributed by atoms with Gasteiger partial charge in [-0.1, -0.05) is 12.1 Å². The number of fused-ring (bicyclic) bond motifs is 2. The second-order valence-electron chi connectivity index (χ2n) is 4.29. The monoisotopic (exact) mass is 224 g/mol. The summed E-state index contributed by atoms with van der Waals surface area (Å²) in [5.41, 5.74) is 5.25. The predicted molar refractivity (Wildman–Crippen MR) is 68.2 cm³/mol. The zero-order valence-corrected chi connectivity index (χ0v) is 9.73. The van der Waals surface area contributed by atoms with E-state index in [9.17, 15) is 5.11 Å². The lowest BCUT2D eigenvalue weighted by molar-refractivity contribution is 0.472. The summed E-state index contributed by atoms with van der Waals surface area (Å²) >= 11 is 0. The maximum atomic E-state index is 9.69. The van der Waals surface area contributed by atoms with Crippen molar-refractivity contribution in [1.82, 2.24) is 9.97 Å². The van der Waals surface area contributed by atoms with E-state index in [1.54, 1.807) is 6.07 Å². The summed E-state index contributed by atoms with van der Waals surface area (Å²) in [5.74, 6) is 0.264. The lowest BCUT2D eigenvalue weighted by atomic mass is 10.1. The molecule has 17 heavy (non-hydrogen) atoms. The molecule has 3 heteroatoms. The Morgan fingerprint density at radius 3 is 2.47 bits per heavy atom. The zero-order valence-electron chi connectivity index (χ0n) is 9.73. The Morgan fingerprint density at radius 2 is 1.65 bits per heavy atom. The van der Waals surface area contributed by atoms with Crippen LogP contribution >= 0.6 is 0 Å². The molecule has 1 N–H and O–H groups in total. The molecule has 0 bridgehead atoms. The van der Waals surface area contributed by atoms with Gasteiger partial charge < -0.3 is 5.11 Å². The Kier molecular flexibility index (Phi) is 2.01. The summed E-state index contributed by atoms with van der Waals surface area (Å²) in [4.78, 5) is 9.12. The highest BCUT2D eigenvalue weighted by atomic mass is 16.3. The lowest BCUT2D eigenvalue weighted by Gasteiger charge is -2.05. The SMILES string of the molecule is Cc1cc2nc3cccc(C)c3nc2cc1O. The van der Waals surface area contributed by atoms with Crippen LogP contribution in [0, 0.1) is 13.8 Å². The van der Waals surface area contributed by atoms with Gasteiger partial charge in [0, 0.05) is 6.07 Å². The smallest absolute Gasteiger partial charge is 0.120 e. The number of aromatic nitrogens is 2. The van der Waals surface area contributed by atoms with Gasteiger partial charge in [-0.2, -0.15) is 0 Å². The molecular weight excluding hydrogens is 212 g/mol. The molecule has 3 aromatic rings. The number of aryl methyl sites for hydroxylation is 2. The Balaban J connectivity index is 2.48. The number of para-hydroxylation sites is 1. The van der Waals surface area contributed by atoms with Gasteiger partial charge in [0.05, 0.1) is 22.1 Å². The fraction of sp³-hybridized carbons (Fsp3) is 0.143. The van der Waals surface area contributed by atoms with Crippen LogP contribution in [0.1, 0.15) is 11.1 Å². The van der Waals surface area contributed by atoms with E-state index in [2.05, 4.69) is 9.97 Å². The molecule has 0 aliphatic carbocycles. The molecule has 0 unspecified atom stereocenters. The molecule has 84 valence electrons. The maximum absolute atomic E-state index is 9.69. The van der Waals surface area contributed by atoms with Gasteiger partial charge >= 0.3 is 0 Å². The van der Waals surface area contributed by atoms with Crippen LogP contribution in [0.5, 0.6) is 5.75 Å². The normalized spacial score (nSPS) is 11.2. The summed E-state index contributed by atoms with van der Waals surface area (Å²) in [5, 5.41) is 9.69. The number of nitrogens with zero attached hydrogens (tertiary/aromatic N) is 2. The quantitative estimate of drug-likeness (QED) is 0.597. The van der Waals surface area contributed by atoms with Crippen LogP contribution in [-0.2, 0) is 0 Å². The third kappa shape index (κ3) is 1.51. The predicted octanol–water partition coefficient (Wildman–Crippen LogP) is 3.11. The first-order valence-corrected chi connectivity index (χ1v) is 5.52. The molecule has 0 radical (unpaired) electrons. The van der Waals surface area contributed by atoms with Crippen molar-refractivity contribution >= 4 is 22.1 Å². The molecule has 0 saturated heterocycles. The van der Waals surface area contributed by atoms with Gasteiger partial charge in [0.25, 0.3) is 0 Å². The van der Waals surface area contributed by atoms with E-state index in [0.29, 0.717) is 0 Å². The number of benzene rings is 2. The Bertz CT molecular complexity index is 735. The molecule has 2 aromatic carbocycles. The highest BCUT2D eigenvalue weighted by Crippen LogP contribution is 2.24. The number of phenolic OH excluding ortho intramolecular Hbond substituents is 1. The molecule has 0 atom stereocenters. The van der Waals surface area contributed by atoms with Crippen LogP contribution in [0.2, 0.25) is 0 Å². The summed E-state index contributed by atoms with van der Waals surface area (Å²) < 4.78 is 0. The van der Waals surface area contributed by atoms with Crippen molar-refractivity contribution in [1.29, 1.82) is 0 Å². The molecule has 0 aliphatic heterocycles. The van der Waals surface area contributed by atoms with Gasteiger partial charge in [-0.05, 0) is 37.1 Å². The highest BCUT2D eigenvalue weighted by molar-refractivity contribution is 5.88. The number of rotatable bonds is 0. The van der Waals surface area contributed by atoms with Crippen molar-refractivity contribution in [3.63, 3.8) is 0 Å². The van der Waals surface area contributed by atoms with Crippen molar-refractivity contribution in [2.45, 2.75) is 13.8 Å². The van der Waals surface area contributed by atoms with Crippen LogP contribution in [0.25, 0.3) is 22.1 Å². The largest absolute Gasteiger partial charge is 0.508 e. The Morgan fingerprint density at radius 1 is 0.882 bits per heavy atom. The van der Waals surface area contributed by atoms with Crippen molar-refractivity contribution in [2.75, 3.05) is 0 Å². The number of aromatic hydroxyl groups is 1. The Labute approximate surface area is 98.8 Å². The Hall–Kier alpha value is -2.16. The molecule has 3 nitrogen and oxygen atoms in total. The van der Waals surface area contributed by atoms with Crippen molar-refractivity contribution in [3.8, 4) is 5.75 Å². The second-order valence-corrected chi connectivity index (χ2v) is 4.29. The average Bonchev–Trinajstić information content (AvgIpc) is 2.29. The molecule has 0 aliphatic rings. The molecule has 0 amide bonds.